The highest BCUT2D eigenvalue weighted by Gasteiger charge is 2.34. The highest BCUT2D eigenvalue weighted by molar-refractivity contribution is 5.88. The molecule has 0 bridgehead atoms. The number of fused-ring (bicyclic) bond motifs is 2. The largest absolute Gasteiger partial charge is 0.478 e. The molecule has 1 atom stereocenters. The topological polar surface area (TPSA) is 49.8 Å². The van der Waals surface area contributed by atoms with E-state index in [1.807, 2.05) is 18.2 Å². The molecule has 1 saturated heterocycles. The summed E-state index contributed by atoms with van der Waals surface area (Å²) in [6, 6.07) is 13.4. The summed E-state index contributed by atoms with van der Waals surface area (Å²) < 4.78 is 6.04. The minimum absolute atomic E-state index is 0.273. The SMILES string of the molecule is CN1CCC(C2c3ccccc3Oc3cc(C(=O)O)ccc32)CC1. The third-order valence-electron chi connectivity index (χ3n) is 5.30. The number of rotatable bonds is 2. The van der Waals surface area contributed by atoms with Gasteiger partial charge in [-0.1, -0.05) is 24.3 Å². The van der Waals surface area contributed by atoms with Crippen LogP contribution in [-0.2, 0) is 0 Å². The van der Waals surface area contributed by atoms with Crippen molar-refractivity contribution in [3.8, 4) is 11.5 Å². The molecule has 1 unspecified atom stereocenters. The molecule has 1 N–H and O–H groups in total. The quantitative estimate of drug-likeness (QED) is 0.909. The summed E-state index contributed by atoms with van der Waals surface area (Å²) in [5.41, 5.74) is 2.62. The van der Waals surface area contributed by atoms with Crippen molar-refractivity contribution in [2.75, 3.05) is 20.1 Å². The van der Waals surface area contributed by atoms with Gasteiger partial charge >= 0.3 is 5.97 Å². The molecule has 0 aliphatic carbocycles. The number of aromatic carboxylic acids is 1. The number of likely N-dealkylation sites (tertiary alicyclic amines) is 1. The van der Waals surface area contributed by atoms with Crippen LogP contribution in [0.1, 0.15) is 40.2 Å². The lowest BCUT2D eigenvalue weighted by atomic mass is 9.74. The average Bonchev–Trinajstić information content (AvgIpc) is 2.60. The highest BCUT2D eigenvalue weighted by atomic mass is 16.5. The van der Waals surface area contributed by atoms with Crippen molar-refractivity contribution in [2.45, 2.75) is 18.8 Å². The van der Waals surface area contributed by atoms with Crippen molar-refractivity contribution < 1.29 is 14.6 Å². The van der Waals surface area contributed by atoms with Crippen LogP contribution in [0.5, 0.6) is 11.5 Å². The summed E-state index contributed by atoms with van der Waals surface area (Å²) in [7, 11) is 2.17. The van der Waals surface area contributed by atoms with Crippen LogP contribution < -0.4 is 4.74 Å². The molecule has 2 heterocycles. The number of para-hydroxylation sites is 1. The van der Waals surface area contributed by atoms with Crippen LogP contribution in [-0.4, -0.2) is 36.1 Å². The summed E-state index contributed by atoms with van der Waals surface area (Å²) in [5.74, 6) is 1.47. The minimum Gasteiger partial charge on any atom is -0.478 e. The number of carboxylic acids is 1. The first-order valence-corrected chi connectivity index (χ1v) is 8.46. The molecule has 0 spiro atoms. The minimum atomic E-state index is -0.920. The van der Waals surface area contributed by atoms with Crippen LogP contribution in [0.2, 0.25) is 0 Å². The fourth-order valence-corrected chi connectivity index (χ4v) is 4.00. The normalized spacial score (nSPS) is 20.8. The Balaban J connectivity index is 1.79. The molecule has 2 aromatic rings. The number of hydrogen-bond acceptors (Lipinski definition) is 3. The molecular formula is C20H21NO3. The number of piperidine rings is 1. The van der Waals surface area contributed by atoms with E-state index >= 15 is 0 Å². The predicted octanol–water partition coefficient (Wildman–Crippen LogP) is 3.96. The van der Waals surface area contributed by atoms with Crippen LogP contribution in [0.4, 0.5) is 0 Å². The molecule has 0 radical (unpaired) electrons. The van der Waals surface area contributed by atoms with Crippen molar-refractivity contribution >= 4 is 5.97 Å². The Morgan fingerprint density at radius 2 is 1.79 bits per heavy atom. The van der Waals surface area contributed by atoms with E-state index in [0.717, 1.165) is 37.2 Å². The Hall–Kier alpha value is -2.33. The van der Waals surface area contributed by atoms with Gasteiger partial charge in [-0.05, 0) is 57.1 Å². The fraction of sp³-hybridized carbons (Fsp3) is 0.350. The number of nitrogens with zero attached hydrogens (tertiary/aromatic N) is 1. The van der Waals surface area contributed by atoms with E-state index in [1.165, 1.54) is 5.56 Å². The Morgan fingerprint density at radius 3 is 2.54 bits per heavy atom. The lowest BCUT2D eigenvalue weighted by molar-refractivity contribution is 0.0696. The third-order valence-corrected chi connectivity index (χ3v) is 5.30. The first-order chi connectivity index (χ1) is 11.6. The second kappa shape index (κ2) is 5.95. The van der Waals surface area contributed by atoms with Gasteiger partial charge in [0, 0.05) is 17.0 Å². The third kappa shape index (κ3) is 2.57. The summed E-state index contributed by atoms with van der Waals surface area (Å²) in [6.45, 7) is 2.21. The molecule has 2 aromatic carbocycles. The summed E-state index contributed by atoms with van der Waals surface area (Å²) in [6.07, 6.45) is 2.30. The second-order valence-electron chi connectivity index (χ2n) is 6.82. The van der Waals surface area contributed by atoms with Crippen LogP contribution in [0.25, 0.3) is 0 Å². The van der Waals surface area contributed by atoms with Gasteiger partial charge in [-0.15, -0.1) is 0 Å². The zero-order chi connectivity index (χ0) is 16.7. The second-order valence-corrected chi connectivity index (χ2v) is 6.82. The number of benzene rings is 2. The van der Waals surface area contributed by atoms with E-state index in [-0.39, 0.29) is 11.5 Å². The Morgan fingerprint density at radius 1 is 1.08 bits per heavy atom. The number of carboxylic acid groups (broad SMARTS) is 1. The molecule has 2 aliphatic heterocycles. The van der Waals surface area contributed by atoms with Crippen LogP contribution >= 0.6 is 0 Å². The summed E-state index contributed by atoms with van der Waals surface area (Å²) in [4.78, 5) is 13.7. The lowest BCUT2D eigenvalue weighted by Crippen LogP contribution is -2.33. The van der Waals surface area contributed by atoms with Gasteiger partial charge in [-0.25, -0.2) is 4.79 Å². The van der Waals surface area contributed by atoms with E-state index in [9.17, 15) is 9.90 Å². The molecule has 4 nitrogen and oxygen atoms in total. The number of carbonyl (C=O) groups is 1. The monoisotopic (exact) mass is 323 g/mol. The highest BCUT2D eigenvalue weighted by Crippen LogP contribution is 2.49. The van der Waals surface area contributed by atoms with Crippen molar-refractivity contribution in [1.29, 1.82) is 0 Å². The smallest absolute Gasteiger partial charge is 0.335 e. The van der Waals surface area contributed by atoms with Crippen LogP contribution in [0.3, 0.4) is 0 Å². The molecule has 24 heavy (non-hydrogen) atoms. The molecule has 0 aromatic heterocycles. The van der Waals surface area contributed by atoms with Gasteiger partial charge in [0.1, 0.15) is 11.5 Å². The van der Waals surface area contributed by atoms with Gasteiger partial charge in [0.05, 0.1) is 5.56 Å². The zero-order valence-electron chi connectivity index (χ0n) is 13.7. The first-order valence-electron chi connectivity index (χ1n) is 8.46. The molecule has 4 heteroatoms. The van der Waals surface area contributed by atoms with E-state index in [4.69, 9.17) is 4.74 Å². The number of ether oxygens (including phenoxy) is 1. The predicted molar refractivity (Wildman–Crippen MR) is 92.0 cm³/mol. The Kier molecular flexibility index (Phi) is 3.77. The van der Waals surface area contributed by atoms with Crippen molar-refractivity contribution in [3.05, 3.63) is 59.2 Å². The maximum Gasteiger partial charge on any atom is 0.335 e. The van der Waals surface area contributed by atoms with Gasteiger partial charge in [0.2, 0.25) is 0 Å². The standard InChI is InChI=1S/C20H21NO3/c1-21-10-8-13(9-11-21)19-15-4-2-3-5-17(15)24-18-12-14(20(22)23)6-7-16(18)19/h2-7,12-13,19H,8-11H2,1H3,(H,22,23). The summed E-state index contributed by atoms with van der Waals surface area (Å²) in [5, 5.41) is 9.26. The van der Waals surface area contributed by atoms with Crippen molar-refractivity contribution in [3.63, 3.8) is 0 Å². The maximum atomic E-state index is 11.3. The van der Waals surface area contributed by atoms with Gasteiger partial charge in [-0.2, -0.15) is 0 Å². The van der Waals surface area contributed by atoms with E-state index in [0.29, 0.717) is 11.7 Å². The maximum absolute atomic E-state index is 11.3. The molecule has 4 rings (SSSR count). The van der Waals surface area contributed by atoms with Gasteiger partial charge in [-0.3, -0.25) is 0 Å². The zero-order valence-corrected chi connectivity index (χ0v) is 13.7. The van der Waals surface area contributed by atoms with Crippen molar-refractivity contribution in [1.82, 2.24) is 4.90 Å². The Bertz CT molecular complexity index is 778. The lowest BCUT2D eigenvalue weighted by Gasteiger charge is -2.38. The molecular weight excluding hydrogens is 302 g/mol. The number of hydrogen-bond donors (Lipinski definition) is 1. The Labute approximate surface area is 141 Å². The van der Waals surface area contributed by atoms with Crippen LogP contribution in [0, 0.1) is 5.92 Å². The van der Waals surface area contributed by atoms with Gasteiger partial charge in [0.25, 0.3) is 0 Å². The fourth-order valence-electron chi connectivity index (χ4n) is 4.00. The van der Waals surface area contributed by atoms with Gasteiger partial charge < -0.3 is 14.7 Å². The molecule has 2 aliphatic rings. The molecule has 1 fully saturated rings. The van der Waals surface area contributed by atoms with Crippen molar-refractivity contribution in [2.24, 2.45) is 5.92 Å². The van der Waals surface area contributed by atoms with E-state index < -0.39 is 5.97 Å². The first kappa shape index (κ1) is 15.2. The average molecular weight is 323 g/mol. The molecule has 0 amide bonds. The molecule has 124 valence electrons. The molecule has 0 saturated carbocycles. The van der Waals surface area contributed by atoms with Gasteiger partial charge in [0.15, 0.2) is 0 Å². The van der Waals surface area contributed by atoms with Crippen LogP contribution in [0.15, 0.2) is 42.5 Å². The van der Waals surface area contributed by atoms with E-state index in [2.05, 4.69) is 24.1 Å². The summed E-state index contributed by atoms with van der Waals surface area (Å²) >= 11 is 0. The van der Waals surface area contributed by atoms with E-state index in [1.54, 1.807) is 12.1 Å².